The molecule has 0 aliphatic rings. The molecule has 1 rings (SSSR count). The Bertz CT molecular complexity index is 473. The minimum atomic E-state index is -0.977. The third-order valence-electron chi connectivity index (χ3n) is 3.19. The highest BCUT2D eigenvalue weighted by atomic mass is 16.5. The number of carboxylic acids is 1. The van der Waals surface area contributed by atoms with Gasteiger partial charge in [-0.2, -0.15) is 4.91 Å². The van der Waals surface area contributed by atoms with Gasteiger partial charge in [0.2, 0.25) is 0 Å². The molecule has 0 saturated heterocycles. The maximum atomic E-state index is 11.0. The molecule has 0 radical (unpaired) electrons. The van der Waals surface area contributed by atoms with E-state index in [-0.39, 0.29) is 6.04 Å². The van der Waals surface area contributed by atoms with Gasteiger partial charge < -0.3 is 9.84 Å². The Hall–Kier alpha value is -1.91. The second-order valence-corrected chi connectivity index (χ2v) is 4.79. The Balaban J connectivity index is 2.92. The molecule has 0 aromatic heterocycles. The number of aliphatic carboxylic acids is 1. The van der Waals surface area contributed by atoms with Gasteiger partial charge in [0, 0.05) is 0 Å². The van der Waals surface area contributed by atoms with E-state index >= 15 is 0 Å². The van der Waals surface area contributed by atoms with Gasteiger partial charge >= 0.3 is 5.97 Å². The molecule has 2 unspecified atom stereocenters. The van der Waals surface area contributed by atoms with Gasteiger partial charge in [0.25, 0.3) is 0 Å². The Kier molecular flexibility index (Phi) is 6.15. The Morgan fingerprint density at radius 3 is 2.55 bits per heavy atom. The molecule has 20 heavy (non-hydrogen) atoms. The van der Waals surface area contributed by atoms with Gasteiger partial charge in [-0.1, -0.05) is 37.6 Å². The van der Waals surface area contributed by atoms with Crippen LogP contribution in [0.1, 0.15) is 50.3 Å². The van der Waals surface area contributed by atoms with E-state index in [1.165, 1.54) is 0 Å². The average molecular weight is 279 g/mol. The van der Waals surface area contributed by atoms with Crippen LogP contribution in [0, 0.1) is 11.8 Å². The number of ether oxygens (including phenoxy) is 1. The molecule has 0 fully saturated rings. The van der Waals surface area contributed by atoms with Crippen molar-refractivity contribution in [1.82, 2.24) is 0 Å². The first-order chi connectivity index (χ1) is 9.53. The second-order valence-electron chi connectivity index (χ2n) is 4.79. The number of benzene rings is 1. The molecular weight excluding hydrogens is 258 g/mol. The third-order valence-corrected chi connectivity index (χ3v) is 3.19. The maximum Gasteiger partial charge on any atom is 0.344 e. The average Bonchev–Trinajstić information content (AvgIpc) is 2.43. The van der Waals surface area contributed by atoms with Crippen LogP contribution in [0.2, 0.25) is 0 Å². The molecule has 5 heteroatoms. The monoisotopic (exact) mass is 279 g/mol. The predicted molar refractivity (Wildman–Crippen MR) is 77.0 cm³/mol. The first kappa shape index (κ1) is 16.1. The molecule has 0 amide bonds. The highest BCUT2D eigenvalue weighted by Gasteiger charge is 2.18. The van der Waals surface area contributed by atoms with Crippen molar-refractivity contribution >= 4 is 5.97 Å². The first-order valence-electron chi connectivity index (χ1n) is 6.85. The van der Waals surface area contributed by atoms with E-state index in [9.17, 15) is 9.70 Å². The van der Waals surface area contributed by atoms with Crippen LogP contribution in [0.4, 0.5) is 0 Å². The zero-order valence-corrected chi connectivity index (χ0v) is 12.1. The van der Waals surface area contributed by atoms with Crippen LogP contribution in [0.15, 0.2) is 23.4 Å². The van der Waals surface area contributed by atoms with Crippen molar-refractivity contribution in [3.05, 3.63) is 34.2 Å². The summed E-state index contributed by atoms with van der Waals surface area (Å²) in [6, 6.07) is 4.98. The molecule has 0 heterocycles. The number of rotatable bonds is 8. The van der Waals surface area contributed by atoms with Crippen molar-refractivity contribution in [1.29, 1.82) is 0 Å². The fourth-order valence-electron chi connectivity index (χ4n) is 2.03. The van der Waals surface area contributed by atoms with E-state index < -0.39 is 12.1 Å². The zero-order valence-electron chi connectivity index (χ0n) is 12.1. The van der Waals surface area contributed by atoms with Crippen molar-refractivity contribution in [2.75, 3.05) is 0 Å². The first-order valence-corrected chi connectivity index (χ1v) is 6.85. The van der Waals surface area contributed by atoms with E-state index in [1.807, 2.05) is 19.9 Å². The minimum absolute atomic E-state index is 0.353. The van der Waals surface area contributed by atoms with E-state index in [0.29, 0.717) is 18.6 Å². The molecule has 0 bridgehead atoms. The van der Waals surface area contributed by atoms with Gasteiger partial charge in [0.15, 0.2) is 6.10 Å². The normalized spacial score (nSPS) is 13.6. The quantitative estimate of drug-likeness (QED) is 0.733. The molecule has 0 aliphatic heterocycles. The van der Waals surface area contributed by atoms with Crippen LogP contribution in [-0.2, 0) is 4.79 Å². The van der Waals surface area contributed by atoms with Crippen LogP contribution in [0.25, 0.3) is 0 Å². The standard InChI is InChI=1S/C15H21NO4/c1-4-6-12(16-19)11-7-8-14(10(3)9-11)20-13(5-2)15(17)18/h7-9,12-13H,4-6H2,1-3H3,(H,17,18). The summed E-state index contributed by atoms with van der Waals surface area (Å²) in [6.07, 6.45) is 1.13. The number of aryl methyl sites for hydroxylation is 1. The molecule has 1 aromatic carbocycles. The summed E-state index contributed by atoms with van der Waals surface area (Å²) < 4.78 is 5.48. The lowest BCUT2D eigenvalue weighted by atomic mass is 10.0. The van der Waals surface area contributed by atoms with E-state index in [2.05, 4.69) is 5.18 Å². The fraction of sp³-hybridized carbons (Fsp3) is 0.533. The third kappa shape index (κ3) is 4.05. The Morgan fingerprint density at radius 1 is 1.40 bits per heavy atom. The highest BCUT2D eigenvalue weighted by Crippen LogP contribution is 2.28. The molecule has 1 N–H and O–H groups in total. The summed E-state index contributed by atoms with van der Waals surface area (Å²) in [5.41, 5.74) is 1.65. The summed E-state index contributed by atoms with van der Waals surface area (Å²) in [4.78, 5) is 21.8. The topological polar surface area (TPSA) is 76.0 Å². The van der Waals surface area contributed by atoms with Crippen LogP contribution < -0.4 is 4.74 Å². The van der Waals surface area contributed by atoms with Gasteiger partial charge in [-0.05, 0) is 37.0 Å². The summed E-state index contributed by atoms with van der Waals surface area (Å²) in [5, 5.41) is 12.1. The van der Waals surface area contributed by atoms with E-state index in [1.54, 1.807) is 19.1 Å². The molecule has 110 valence electrons. The summed E-state index contributed by atoms with van der Waals surface area (Å²) >= 11 is 0. The minimum Gasteiger partial charge on any atom is -0.479 e. The lowest BCUT2D eigenvalue weighted by Gasteiger charge is -2.16. The molecule has 1 aromatic rings. The lowest BCUT2D eigenvalue weighted by Crippen LogP contribution is -2.26. The van der Waals surface area contributed by atoms with Gasteiger partial charge in [0.05, 0.1) is 0 Å². The van der Waals surface area contributed by atoms with Gasteiger partial charge in [0.1, 0.15) is 11.8 Å². The van der Waals surface area contributed by atoms with E-state index in [4.69, 9.17) is 9.84 Å². The molecule has 0 aliphatic carbocycles. The van der Waals surface area contributed by atoms with Gasteiger partial charge in [-0.3, -0.25) is 0 Å². The van der Waals surface area contributed by atoms with Crippen LogP contribution >= 0.6 is 0 Å². The summed E-state index contributed by atoms with van der Waals surface area (Å²) in [5.74, 6) is -0.446. The SMILES string of the molecule is CCCC(N=O)c1ccc(OC(CC)C(=O)O)c(C)c1. The van der Waals surface area contributed by atoms with Crippen molar-refractivity contribution < 1.29 is 14.6 Å². The summed E-state index contributed by atoms with van der Waals surface area (Å²) in [6.45, 7) is 5.60. The van der Waals surface area contributed by atoms with Crippen molar-refractivity contribution in [3.63, 3.8) is 0 Å². The van der Waals surface area contributed by atoms with Crippen molar-refractivity contribution in [2.24, 2.45) is 5.18 Å². The molecule has 2 atom stereocenters. The Labute approximate surface area is 118 Å². The predicted octanol–water partition coefficient (Wildman–Crippen LogP) is 3.84. The van der Waals surface area contributed by atoms with Crippen LogP contribution in [0.5, 0.6) is 5.75 Å². The van der Waals surface area contributed by atoms with Crippen molar-refractivity contribution in [2.45, 2.75) is 52.2 Å². The second kappa shape index (κ2) is 7.62. The highest BCUT2D eigenvalue weighted by molar-refractivity contribution is 5.72. The molecule has 0 spiro atoms. The number of nitroso groups, excluding NO2 is 1. The summed E-state index contributed by atoms with van der Waals surface area (Å²) in [7, 11) is 0. The van der Waals surface area contributed by atoms with Crippen LogP contribution in [-0.4, -0.2) is 17.2 Å². The smallest absolute Gasteiger partial charge is 0.344 e. The van der Waals surface area contributed by atoms with Gasteiger partial charge in [-0.15, -0.1) is 0 Å². The fourth-order valence-corrected chi connectivity index (χ4v) is 2.03. The largest absolute Gasteiger partial charge is 0.479 e. The van der Waals surface area contributed by atoms with Crippen molar-refractivity contribution in [3.8, 4) is 5.75 Å². The number of nitrogens with zero attached hydrogens (tertiary/aromatic N) is 1. The van der Waals surface area contributed by atoms with E-state index in [0.717, 1.165) is 17.5 Å². The molecular formula is C15H21NO4. The van der Waals surface area contributed by atoms with Crippen LogP contribution in [0.3, 0.4) is 0 Å². The molecule has 5 nitrogen and oxygen atoms in total. The molecule has 0 saturated carbocycles. The number of hydrogen-bond acceptors (Lipinski definition) is 4. The number of carbonyl (C=O) groups is 1. The van der Waals surface area contributed by atoms with Gasteiger partial charge in [-0.25, -0.2) is 4.79 Å². The lowest BCUT2D eigenvalue weighted by molar-refractivity contribution is -0.145. The number of hydrogen-bond donors (Lipinski definition) is 1. The number of carboxylic acid groups (broad SMARTS) is 1. The Morgan fingerprint density at radius 2 is 2.10 bits per heavy atom. The zero-order chi connectivity index (χ0) is 15.1. The maximum absolute atomic E-state index is 11.0.